The van der Waals surface area contributed by atoms with Crippen LogP contribution in [0.25, 0.3) is 0 Å². The number of nitrogens with zero attached hydrogens (tertiary/aromatic N) is 2. The lowest BCUT2D eigenvalue weighted by Crippen LogP contribution is -2.42. The van der Waals surface area contributed by atoms with Crippen molar-refractivity contribution in [3.63, 3.8) is 0 Å². The van der Waals surface area contributed by atoms with Gasteiger partial charge >= 0.3 is 5.97 Å². The fraction of sp³-hybridized carbons (Fsp3) is 0.857. The number of amides is 1. The van der Waals surface area contributed by atoms with E-state index < -0.39 is 12.1 Å². The summed E-state index contributed by atoms with van der Waals surface area (Å²) in [5, 5.41) is 12.1. The number of ether oxygens (including phenoxy) is 1. The van der Waals surface area contributed by atoms with Gasteiger partial charge in [-0.1, -0.05) is 13.8 Å². The van der Waals surface area contributed by atoms with Crippen LogP contribution in [0.2, 0.25) is 0 Å². The molecule has 0 aromatic heterocycles. The molecule has 0 bridgehead atoms. The van der Waals surface area contributed by atoms with Crippen LogP contribution in [-0.2, 0) is 14.3 Å². The van der Waals surface area contributed by atoms with Gasteiger partial charge in [-0.3, -0.25) is 14.5 Å². The fourth-order valence-electron chi connectivity index (χ4n) is 2.00. The summed E-state index contributed by atoms with van der Waals surface area (Å²) in [4.78, 5) is 27.6. The molecule has 1 aliphatic heterocycles. The van der Waals surface area contributed by atoms with Crippen LogP contribution in [0.4, 0.5) is 0 Å². The number of cyclic esters (lactones) is 1. The monoisotopic (exact) mass is 301 g/mol. The normalized spacial score (nSPS) is 20.6. The molecule has 2 N–H and O–H groups in total. The molecule has 1 amide bonds. The number of nitrogens with one attached hydrogen (secondary N) is 1. The van der Waals surface area contributed by atoms with Gasteiger partial charge in [0.2, 0.25) is 5.91 Å². The smallest absolute Gasteiger partial charge is 0.325 e. The highest BCUT2D eigenvalue weighted by Crippen LogP contribution is 2.14. The van der Waals surface area contributed by atoms with Crippen LogP contribution in [0.1, 0.15) is 26.7 Å². The van der Waals surface area contributed by atoms with E-state index in [2.05, 4.69) is 17.1 Å². The van der Waals surface area contributed by atoms with Crippen LogP contribution < -0.4 is 5.32 Å². The maximum absolute atomic E-state index is 11.8. The largest absolute Gasteiger partial charge is 0.448 e. The first kappa shape index (κ1) is 17.9. The second kappa shape index (κ2) is 8.96. The van der Waals surface area contributed by atoms with Crippen molar-refractivity contribution in [1.82, 2.24) is 15.1 Å². The molecule has 0 aliphatic carbocycles. The molecule has 0 saturated carbocycles. The van der Waals surface area contributed by atoms with Gasteiger partial charge in [-0.2, -0.15) is 0 Å². The Hall–Kier alpha value is -1.18. The summed E-state index contributed by atoms with van der Waals surface area (Å²) in [6.07, 6.45) is 0.116. The van der Waals surface area contributed by atoms with E-state index in [1.165, 1.54) is 0 Å². The molecule has 122 valence electrons. The zero-order valence-electron chi connectivity index (χ0n) is 13.2. The first-order valence-electron chi connectivity index (χ1n) is 7.51. The van der Waals surface area contributed by atoms with Crippen LogP contribution in [0.5, 0.6) is 0 Å². The predicted octanol–water partition coefficient (Wildman–Crippen LogP) is -0.600. The maximum atomic E-state index is 11.8. The second-order valence-corrected chi connectivity index (χ2v) is 5.39. The molecular formula is C14H27N3O4. The Labute approximate surface area is 126 Å². The van der Waals surface area contributed by atoms with Crippen molar-refractivity contribution in [1.29, 1.82) is 0 Å². The number of esters is 1. The van der Waals surface area contributed by atoms with Gasteiger partial charge < -0.3 is 20.1 Å². The molecule has 2 atom stereocenters. The summed E-state index contributed by atoms with van der Waals surface area (Å²) >= 11 is 0. The topological polar surface area (TPSA) is 82.1 Å². The average molecular weight is 301 g/mol. The molecule has 1 aliphatic rings. The lowest BCUT2D eigenvalue weighted by atomic mass is 10.1. The first-order chi connectivity index (χ1) is 9.97. The highest BCUT2D eigenvalue weighted by Gasteiger charge is 2.35. The zero-order valence-corrected chi connectivity index (χ0v) is 13.2. The van der Waals surface area contributed by atoms with Gasteiger partial charge in [0.05, 0.1) is 12.5 Å². The molecule has 1 fully saturated rings. The highest BCUT2D eigenvalue weighted by atomic mass is 16.6. The second-order valence-electron chi connectivity index (χ2n) is 5.39. The molecule has 1 saturated heterocycles. The lowest BCUT2D eigenvalue weighted by molar-refractivity contribution is -0.140. The third-order valence-corrected chi connectivity index (χ3v) is 3.78. The molecule has 7 heteroatoms. The number of carbonyl (C=O) groups excluding carboxylic acids is 2. The van der Waals surface area contributed by atoms with E-state index in [9.17, 15) is 14.7 Å². The van der Waals surface area contributed by atoms with E-state index in [1.807, 2.05) is 18.9 Å². The number of carbonyl (C=O) groups is 2. The van der Waals surface area contributed by atoms with Gasteiger partial charge in [-0.05, 0) is 20.0 Å². The molecular weight excluding hydrogens is 274 g/mol. The van der Waals surface area contributed by atoms with Crippen molar-refractivity contribution < 1.29 is 19.4 Å². The Morgan fingerprint density at radius 3 is 2.90 bits per heavy atom. The molecule has 21 heavy (non-hydrogen) atoms. The minimum Gasteiger partial charge on any atom is -0.448 e. The van der Waals surface area contributed by atoms with Crippen molar-refractivity contribution in [2.24, 2.45) is 0 Å². The standard InChI is InChI=1S/C14H27N3O4/c1-4-11(18)9-15-13(19)8-12-14(20)21-10-17(12)7-6-16(3)5-2/h11-12,18H,4-10H2,1-3H3,(H,15,19). The number of hydrogen-bond donors (Lipinski definition) is 2. The van der Waals surface area contributed by atoms with Gasteiger partial charge in [0.1, 0.15) is 12.8 Å². The summed E-state index contributed by atoms with van der Waals surface area (Å²) in [6, 6.07) is -0.519. The van der Waals surface area contributed by atoms with Crippen LogP contribution in [-0.4, -0.2) is 78.9 Å². The molecule has 7 nitrogen and oxygen atoms in total. The quantitative estimate of drug-likeness (QED) is 0.554. The van der Waals surface area contributed by atoms with E-state index in [4.69, 9.17) is 4.74 Å². The van der Waals surface area contributed by atoms with Crippen molar-refractivity contribution in [3.8, 4) is 0 Å². The minimum atomic E-state index is -0.543. The van der Waals surface area contributed by atoms with E-state index in [0.29, 0.717) is 13.0 Å². The van der Waals surface area contributed by atoms with Crippen LogP contribution >= 0.6 is 0 Å². The number of likely N-dealkylation sites (N-methyl/N-ethyl adjacent to an activating group) is 1. The maximum Gasteiger partial charge on any atom is 0.325 e. The summed E-state index contributed by atoms with van der Waals surface area (Å²) in [7, 11) is 2.01. The summed E-state index contributed by atoms with van der Waals surface area (Å²) in [6.45, 7) is 6.81. The van der Waals surface area contributed by atoms with Gasteiger partial charge in [-0.25, -0.2) is 0 Å². The molecule has 1 heterocycles. The molecule has 0 aromatic rings. The summed E-state index contributed by atoms with van der Waals surface area (Å²) < 4.78 is 5.03. The summed E-state index contributed by atoms with van der Waals surface area (Å²) in [5.74, 6) is -0.583. The van der Waals surface area contributed by atoms with Crippen molar-refractivity contribution in [2.75, 3.05) is 40.0 Å². The molecule has 0 aromatic carbocycles. The van der Waals surface area contributed by atoms with Gasteiger partial charge in [0.15, 0.2) is 0 Å². The molecule has 0 radical (unpaired) electrons. The third-order valence-electron chi connectivity index (χ3n) is 3.78. The minimum absolute atomic E-state index is 0.0745. The average Bonchev–Trinajstić information content (AvgIpc) is 2.82. The zero-order chi connectivity index (χ0) is 15.8. The lowest BCUT2D eigenvalue weighted by Gasteiger charge is -2.22. The van der Waals surface area contributed by atoms with E-state index >= 15 is 0 Å². The van der Waals surface area contributed by atoms with Gasteiger partial charge in [0, 0.05) is 19.6 Å². The Morgan fingerprint density at radius 2 is 2.29 bits per heavy atom. The SMILES string of the molecule is CCC(O)CNC(=O)CC1C(=O)OCN1CCN(C)CC. The van der Waals surface area contributed by atoms with Crippen LogP contribution in [0.3, 0.4) is 0 Å². The predicted molar refractivity (Wildman–Crippen MR) is 78.5 cm³/mol. The number of rotatable bonds is 9. The van der Waals surface area contributed by atoms with Crippen molar-refractivity contribution in [3.05, 3.63) is 0 Å². The highest BCUT2D eigenvalue weighted by molar-refractivity contribution is 5.86. The van der Waals surface area contributed by atoms with Crippen LogP contribution in [0, 0.1) is 0 Å². The molecule has 0 spiro atoms. The van der Waals surface area contributed by atoms with E-state index in [1.54, 1.807) is 0 Å². The molecule has 1 rings (SSSR count). The number of hydrogen-bond acceptors (Lipinski definition) is 6. The Bertz CT molecular complexity index is 351. The van der Waals surface area contributed by atoms with Gasteiger partial charge in [0.25, 0.3) is 0 Å². The van der Waals surface area contributed by atoms with E-state index in [0.717, 1.165) is 13.1 Å². The van der Waals surface area contributed by atoms with Crippen molar-refractivity contribution >= 4 is 11.9 Å². The third kappa shape index (κ3) is 5.99. The Balaban J connectivity index is 2.42. The van der Waals surface area contributed by atoms with Crippen LogP contribution in [0.15, 0.2) is 0 Å². The van der Waals surface area contributed by atoms with E-state index in [-0.39, 0.29) is 31.6 Å². The fourth-order valence-corrected chi connectivity index (χ4v) is 2.00. The Morgan fingerprint density at radius 1 is 1.57 bits per heavy atom. The number of aliphatic hydroxyl groups is 1. The van der Waals surface area contributed by atoms with Crippen molar-refractivity contribution in [2.45, 2.75) is 38.8 Å². The first-order valence-corrected chi connectivity index (χ1v) is 7.51. The molecule has 2 unspecified atom stereocenters. The number of aliphatic hydroxyl groups excluding tert-OH is 1. The summed E-state index contributed by atoms with van der Waals surface area (Å²) in [5.41, 5.74) is 0. The van der Waals surface area contributed by atoms with Gasteiger partial charge in [-0.15, -0.1) is 0 Å². The Kier molecular flexibility index (Phi) is 7.63.